The predicted molar refractivity (Wildman–Crippen MR) is 63.9 cm³/mol. The van der Waals surface area contributed by atoms with E-state index in [9.17, 15) is 4.79 Å². The van der Waals surface area contributed by atoms with Gasteiger partial charge in [-0.3, -0.25) is 4.79 Å². The number of methoxy groups -OCH3 is 2. The summed E-state index contributed by atoms with van der Waals surface area (Å²) in [6.07, 6.45) is 1.34. The molecule has 0 atom stereocenters. The molecule has 0 unspecified atom stereocenters. The molecule has 7 nitrogen and oxygen atoms in total. The zero-order chi connectivity index (χ0) is 13.0. The zero-order valence-electron chi connectivity index (χ0n) is 9.93. The Morgan fingerprint density at radius 3 is 2.39 bits per heavy atom. The van der Waals surface area contributed by atoms with E-state index >= 15 is 0 Å². The first-order valence-electron chi connectivity index (χ1n) is 5.13. The molecule has 1 heterocycles. The number of carbonyl (C=O) groups is 1. The summed E-state index contributed by atoms with van der Waals surface area (Å²) in [5.74, 6) is 0.814. The van der Waals surface area contributed by atoms with Crippen LogP contribution in [-0.4, -0.2) is 35.5 Å². The van der Waals surface area contributed by atoms with Crippen LogP contribution in [0.15, 0.2) is 24.4 Å². The third-order valence-corrected chi connectivity index (χ3v) is 2.26. The van der Waals surface area contributed by atoms with Gasteiger partial charge in [0.05, 0.1) is 20.4 Å². The SMILES string of the molecule is COc1cc(NC(=O)c2cn[nH]n2)cc(OC)c1. The summed E-state index contributed by atoms with van der Waals surface area (Å²) in [5.41, 5.74) is 0.760. The van der Waals surface area contributed by atoms with Gasteiger partial charge in [-0.1, -0.05) is 0 Å². The van der Waals surface area contributed by atoms with Crippen LogP contribution in [0.4, 0.5) is 5.69 Å². The summed E-state index contributed by atoms with van der Waals surface area (Å²) in [6.45, 7) is 0. The van der Waals surface area contributed by atoms with Gasteiger partial charge in [0.2, 0.25) is 0 Å². The van der Waals surface area contributed by atoms with E-state index in [1.54, 1.807) is 18.2 Å². The van der Waals surface area contributed by atoms with Crippen molar-refractivity contribution in [3.8, 4) is 11.5 Å². The first-order chi connectivity index (χ1) is 8.72. The summed E-state index contributed by atoms with van der Waals surface area (Å²) in [4.78, 5) is 11.8. The highest BCUT2D eigenvalue weighted by atomic mass is 16.5. The third kappa shape index (κ3) is 2.57. The molecule has 2 rings (SSSR count). The van der Waals surface area contributed by atoms with E-state index in [0.29, 0.717) is 17.2 Å². The summed E-state index contributed by atoms with van der Waals surface area (Å²) in [5, 5.41) is 12.3. The van der Waals surface area contributed by atoms with Crippen LogP contribution in [-0.2, 0) is 0 Å². The summed E-state index contributed by atoms with van der Waals surface area (Å²) < 4.78 is 10.2. The van der Waals surface area contributed by atoms with Crippen molar-refractivity contribution in [3.05, 3.63) is 30.1 Å². The van der Waals surface area contributed by atoms with Crippen LogP contribution >= 0.6 is 0 Å². The van der Waals surface area contributed by atoms with Crippen LogP contribution in [0.1, 0.15) is 10.5 Å². The standard InChI is InChI=1S/C11H12N4O3/c1-17-8-3-7(4-9(5-8)18-2)13-11(16)10-6-12-15-14-10/h3-6H,1-2H3,(H,13,16)(H,12,14,15). The number of rotatable bonds is 4. The number of carbonyl (C=O) groups excluding carboxylic acids is 1. The molecule has 0 aliphatic rings. The Morgan fingerprint density at radius 1 is 1.22 bits per heavy atom. The number of hydrogen-bond acceptors (Lipinski definition) is 5. The molecular weight excluding hydrogens is 236 g/mol. The van der Waals surface area contributed by atoms with Gasteiger partial charge < -0.3 is 14.8 Å². The predicted octanol–water partition coefficient (Wildman–Crippen LogP) is 1.07. The first-order valence-corrected chi connectivity index (χ1v) is 5.13. The number of nitrogens with one attached hydrogen (secondary N) is 2. The molecule has 18 heavy (non-hydrogen) atoms. The van der Waals surface area contributed by atoms with Gasteiger partial charge in [-0.05, 0) is 0 Å². The van der Waals surface area contributed by atoms with Crippen molar-refractivity contribution in [2.24, 2.45) is 0 Å². The number of H-pyrrole nitrogens is 1. The molecule has 0 saturated carbocycles. The lowest BCUT2D eigenvalue weighted by molar-refractivity contribution is 0.102. The van der Waals surface area contributed by atoms with E-state index in [4.69, 9.17) is 9.47 Å². The highest BCUT2D eigenvalue weighted by Gasteiger charge is 2.10. The number of amides is 1. The van der Waals surface area contributed by atoms with Gasteiger partial charge in [-0.2, -0.15) is 15.4 Å². The van der Waals surface area contributed by atoms with Crippen molar-refractivity contribution in [1.82, 2.24) is 15.4 Å². The van der Waals surface area contributed by atoms with Crippen molar-refractivity contribution in [1.29, 1.82) is 0 Å². The molecule has 0 saturated heterocycles. The van der Waals surface area contributed by atoms with Crippen LogP contribution in [0.2, 0.25) is 0 Å². The molecule has 1 aromatic carbocycles. The minimum atomic E-state index is -0.362. The maximum Gasteiger partial charge on any atom is 0.277 e. The largest absolute Gasteiger partial charge is 0.497 e. The Kier molecular flexibility index (Phi) is 3.42. The molecule has 0 spiro atoms. The minimum absolute atomic E-state index is 0.205. The van der Waals surface area contributed by atoms with E-state index in [0.717, 1.165) is 0 Å². The lowest BCUT2D eigenvalue weighted by atomic mass is 10.2. The second-order valence-electron chi connectivity index (χ2n) is 3.41. The van der Waals surface area contributed by atoms with Crippen molar-refractivity contribution in [2.75, 3.05) is 19.5 Å². The molecule has 1 aromatic heterocycles. The fraction of sp³-hybridized carbons (Fsp3) is 0.182. The van der Waals surface area contributed by atoms with E-state index in [1.165, 1.54) is 20.4 Å². The van der Waals surface area contributed by atoms with Gasteiger partial charge in [-0.15, -0.1) is 0 Å². The monoisotopic (exact) mass is 248 g/mol. The molecule has 94 valence electrons. The normalized spacial score (nSPS) is 9.89. The van der Waals surface area contributed by atoms with Crippen LogP contribution in [0, 0.1) is 0 Å². The number of aromatic nitrogens is 3. The van der Waals surface area contributed by atoms with Gasteiger partial charge in [0, 0.05) is 23.9 Å². The quantitative estimate of drug-likeness (QED) is 0.844. The van der Waals surface area contributed by atoms with Gasteiger partial charge in [-0.25, -0.2) is 0 Å². The smallest absolute Gasteiger partial charge is 0.277 e. The molecule has 1 amide bonds. The van der Waals surface area contributed by atoms with Crippen molar-refractivity contribution >= 4 is 11.6 Å². The fourth-order valence-electron chi connectivity index (χ4n) is 1.39. The molecule has 0 fully saturated rings. The number of hydrogen-bond donors (Lipinski definition) is 2. The van der Waals surface area contributed by atoms with E-state index in [2.05, 4.69) is 20.7 Å². The molecular formula is C11H12N4O3. The third-order valence-electron chi connectivity index (χ3n) is 2.26. The molecule has 0 aliphatic carbocycles. The van der Waals surface area contributed by atoms with E-state index in [1.807, 2.05) is 0 Å². The molecule has 0 radical (unpaired) electrons. The summed E-state index contributed by atoms with van der Waals surface area (Å²) >= 11 is 0. The number of benzene rings is 1. The van der Waals surface area contributed by atoms with Crippen LogP contribution < -0.4 is 14.8 Å². The fourth-order valence-corrected chi connectivity index (χ4v) is 1.39. The molecule has 2 aromatic rings. The molecule has 2 N–H and O–H groups in total. The first kappa shape index (κ1) is 11.9. The van der Waals surface area contributed by atoms with Gasteiger partial charge in [0.1, 0.15) is 11.5 Å². The Labute approximate surface area is 103 Å². The number of ether oxygens (including phenoxy) is 2. The lowest BCUT2D eigenvalue weighted by Crippen LogP contribution is -2.12. The average Bonchev–Trinajstić information content (AvgIpc) is 2.92. The zero-order valence-corrected chi connectivity index (χ0v) is 9.93. The summed E-state index contributed by atoms with van der Waals surface area (Å²) in [7, 11) is 3.08. The minimum Gasteiger partial charge on any atom is -0.497 e. The highest BCUT2D eigenvalue weighted by Crippen LogP contribution is 2.25. The maximum absolute atomic E-state index is 11.8. The van der Waals surface area contributed by atoms with Gasteiger partial charge in [0.25, 0.3) is 5.91 Å². The summed E-state index contributed by atoms with van der Waals surface area (Å²) in [6, 6.07) is 5.08. The number of aromatic amines is 1. The van der Waals surface area contributed by atoms with Gasteiger partial charge >= 0.3 is 0 Å². The van der Waals surface area contributed by atoms with Crippen LogP contribution in [0.5, 0.6) is 11.5 Å². The average molecular weight is 248 g/mol. The lowest BCUT2D eigenvalue weighted by Gasteiger charge is -2.08. The second-order valence-corrected chi connectivity index (χ2v) is 3.41. The van der Waals surface area contributed by atoms with Crippen LogP contribution in [0.25, 0.3) is 0 Å². The van der Waals surface area contributed by atoms with Gasteiger partial charge in [0.15, 0.2) is 5.69 Å². The maximum atomic E-state index is 11.8. The van der Waals surface area contributed by atoms with Crippen molar-refractivity contribution in [3.63, 3.8) is 0 Å². The Morgan fingerprint density at radius 2 is 1.89 bits per heavy atom. The Balaban J connectivity index is 2.20. The topological polar surface area (TPSA) is 89.1 Å². The highest BCUT2D eigenvalue weighted by molar-refractivity contribution is 6.02. The van der Waals surface area contributed by atoms with Crippen LogP contribution in [0.3, 0.4) is 0 Å². The molecule has 0 bridgehead atoms. The number of anilines is 1. The molecule has 0 aliphatic heterocycles. The second kappa shape index (κ2) is 5.17. The van der Waals surface area contributed by atoms with E-state index < -0.39 is 0 Å². The Hall–Kier alpha value is -2.57. The number of nitrogens with zero attached hydrogens (tertiary/aromatic N) is 2. The van der Waals surface area contributed by atoms with Crippen molar-refractivity contribution < 1.29 is 14.3 Å². The Bertz CT molecular complexity index is 517. The molecule has 7 heteroatoms. The van der Waals surface area contributed by atoms with E-state index in [-0.39, 0.29) is 11.6 Å². The van der Waals surface area contributed by atoms with Crippen molar-refractivity contribution in [2.45, 2.75) is 0 Å².